The molecule has 0 aromatic rings. The highest BCUT2D eigenvalue weighted by Gasteiger charge is 2.16. The van der Waals surface area contributed by atoms with E-state index in [1.54, 1.807) is 0 Å². The van der Waals surface area contributed by atoms with E-state index in [0.717, 1.165) is 0 Å². The van der Waals surface area contributed by atoms with E-state index in [2.05, 4.69) is 0 Å². The van der Waals surface area contributed by atoms with Gasteiger partial charge in [0.2, 0.25) is 9.84 Å². The topological polar surface area (TPSA) is 85.3 Å². The molecule has 0 saturated heterocycles. The van der Waals surface area contributed by atoms with Crippen LogP contribution in [-0.2, 0) is 24.5 Å². The van der Waals surface area contributed by atoms with Gasteiger partial charge in [-0.25, -0.2) is 16.8 Å². The van der Waals surface area contributed by atoms with Gasteiger partial charge in [0.05, 0.1) is 11.5 Å². The highest BCUT2D eigenvalue weighted by Crippen LogP contribution is 1.97. The predicted octanol–water partition coefficient (Wildman–Crippen LogP) is -0.104. The van der Waals surface area contributed by atoms with Crippen molar-refractivity contribution in [3.05, 3.63) is 11.5 Å². The zero-order valence-corrected chi connectivity index (χ0v) is 9.56. The minimum atomic E-state index is -3.82. The highest BCUT2D eigenvalue weighted by molar-refractivity contribution is 8.06. The molecule has 0 aliphatic heterocycles. The van der Waals surface area contributed by atoms with E-state index in [1.165, 1.54) is 13.8 Å². The van der Waals surface area contributed by atoms with Crippen LogP contribution in [0.25, 0.3) is 0 Å². The Morgan fingerprint density at radius 1 is 1.07 bits per heavy atom. The van der Waals surface area contributed by atoms with E-state index in [-0.39, 0.29) is 11.5 Å². The lowest BCUT2D eigenvalue weighted by Gasteiger charge is -1.93. The van der Waals surface area contributed by atoms with Crippen LogP contribution in [0.3, 0.4) is 0 Å². The fourth-order valence-electron chi connectivity index (χ4n) is 0.501. The molecule has 0 aromatic heterocycles. The van der Waals surface area contributed by atoms with Gasteiger partial charge >= 0.3 is 0 Å². The number of sulfone groups is 2. The van der Waals surface area contributed by atoms with Crippen molar-refractivity contribution < 1.29 is 21.6 Å². The van der Waals surface area contributed by atoms with E-state index < -0.39 is 24.8 Å². The van der Waals surface area contributed by atoms with Crippen LogP contribution in [0, 0.1) is 0 Å². The molecule has 0 heterocycles. The zero-order valence-electron chi connectivity index (χ0n) is 7.93. The van der Waals surface area contributed by atoms with Crippen LogP contribution in [0.5, 0.6) is 0 Å². The molecular formula is C7H12O5S2. The number of carbonyl (C=O) groups is 1. The highest BCUT2D eigenvalue weighted by atomic mass is 32.2. The summed E-state index contributed by atoms with van der Waals surface area (Å²) in [6.07, 6.45) is 0.581. The zero-order chi connectivity index (χ0) is 11.4. The van der Waals surface area contributed by atoms with E-state index in [0.29, 0.717) is 11.5 Å². The van der Waals surface area contributed by atoms with Crippen molar-refractivity contribution >= 4 is 24.8 Å². The second kappa shape index (κ2) is 4.70. The quantitative estimate of drug-likeness (QED) is 0.640. The first-order valence-corrected chi connectivity index (χ1v) is 7.29. The van der Waals surface area contributed by atoms with Crippen molar-refractivity contribution in [1.82, 2.24) is 0 Å². The van der Waals surface area contributed by atoms with Crippen molar-refractivity contribution in [3.63, 3.8) is 0 Å². The Balaban J connectivity index is 4.83. The van der Waals surface area contributed by atoms with Gasteiger partial charge in [0.15, 0.2) is 9.84 Å². The second-order valence-electron chi connectivity index (χ2n) is 2.48. The van der Waals surface area contributed by atoms with Gasteiger partial charge in [-0.05, 0) is 0 Å². The molecule has 0 radical (unpaired) electrons. The Bertz CT molecular complexity index is 427. The van der Waals surface area contributed by atoms with Crippen molar-refractivity contribution in [3.8, 4) is 0 Å². The lowest BCUT2D eigenvalue weighted by atomic mass is 10.7. The summed E-state index contributed by atoms with van der Waals surface area (Å²) >= 11 is 0. The van der Waals surface area contributed by atoms with Crippen LogP contribution in [0.15, 0.2) is 11.5 Å². The molecule has 0 bridgehead atoms. The van der Waals surface area contributed by atoms with E-state index in [1.807, 2.05) is 0 Å². The summed E-state index contributed by atoms with van der Waals surface area (Å²) in [6.45, 7) is 2.72. The van der Waals surface area contributed by atoms with E-state index in [9.17, 15) is 21.6 Å². The Kier molecular flexibility index (Phi) is 4.47. The predicted molar refractivity (Wildman–Crippen MR) is 53.1 cm³/mol. The monoisotopic (exact) mass is 240 g/mol. The summed E-state index contributed by atoms with van der Waals surface area (Å²) in [5.41, 5.74) is 0. The molecule has 0 saturated carbocycles. The van der Waals surface area contributed by atoms with Crippen LogP contribution in [-0.4, -0.2) is 33.5 Å². The van der Waals surface area contributed by atoms with Crippen molar-refractivity contribution in [2.75, 3.05) is 11.5 Å². The fraction of sp³-hybridized carbons (Fsp3) is 0.571. The van der Waals surface area contributed by atoms with Gasteiger partial charge in [-0.1, -0.05) is 13.8 Å². The van der Waals surface area contributed by atoms with Crippen LogP contribution in [0.1, 0.15) is 13.8 Å². The smallest absolute Gasteiger partial charge is 0.270 e. The first kappa shape index (κ1) is 13.3. The van der Waals surface area contributed by atoms with Crippen molar-refractivity contribution in [1.29, 1.82) is 0 Å². The van der Waals surface area contributed by atoms with Crippen LogP contribution >= 0.6 is 0 Å². The Hall–Kier alpha value is -0.690. The van der Waals surface area contributed by atoms with Gasteiger partial charge in [0.1, 0.15) is 0 Å². The van der Waals surface area contributed by atoms with E-state index >= 15 is 0 Å². The molecule has 5 nitrogen and oxygen atoms in total. The molecule has 0 fully saturated rings. The Morgan fingerprint density at radius 3 is 1.93 bits per heavy atom. The minimum Gasteiger partial charge on any atom is -0.277 e. The SMILES string of the molecule is CCS(=O)(=O)C=CC(=O)S(=O)(=O)CC. The van der Waals surface area contributed by atoms with Crippen molar-refractivity contribution in [2.45, 2.75) is 13.8 Å². The summed E-state index contributed by atoms with van der Waals surface area (Å²) in [5.74, 6) is -0.495. The van der Waals surface area contributed by atoms with Gasteiger partial charge in [-0.2, -0.15) is 0 Å². The van der Waals surface area contributed by atoms with Gasteiger partial charge in [-0.3, -0.25) is 4.79 Å². The first-order chi connectivity index (χ1) is 6.25. The standard InChI is InChI=1S/C7H12O5S2/c1-3-13(9,10)6-5-7(8)14(11,12)4-2/h5-6H,3-4H2,1-2H3. The third-order valence-electron chi connectivity index (χ3n) is 1.50. The van der Waals surface area contributed by atoms with Crippen molar-refractivity contribution in [2.24, 2.45) is 0 Å². The number of rotatable bonds is 4. The average Bonchev–Trinajstić information content (AvgIpc) is 2.14. The molecule has 0 aliphatic carbocycles. The molecule has 0 unspecified atom stereocenters. The lowest BCUT2D eigenvalue weighted by molar-refractivity contribution is -0.107. The first-order valence-electron chi connectivity index (χ1n) is 3.92. The molecule has 0 aliphatic rings. The molecule has 7 heteroatoms. The maximum atomic E-state index is 10.9. The average molecular weight is 240 g/mol. The summed E-state index contributed by atoms with van der Waals surface area (Å²) in [6, 6.07) is 0. The maximum absolute atomic E-state index is 10.9. The fourth-order valence-corrected chi connectivity index (χ4v) is 1.67. The van der Waals surface area contributed by atoms with Gasteiger partial charge in [0.25, 0.3) is 5.12 Å². The third-order valence-corrected chi connectivity index (χ3v) is 4.37. The second-order valence-corrected chi connectivity index (χ2v) is 6.86. The van der Waals surface area contributed by atoms with Gasteiger partial charge < -0.3 is 0 Å². The molecular weight excluding hydrogens is 228 g/mol. The molecule has 0 N–H and O–H groups in total. The number of carbonyl (C=O) groups excluding carboxylic acids is 1. The lowest BCUT2D eigenvalue weighted by Crippen LogP contribution is -2.14. The number of hydrogen-bond acceptors (Lipinski definition) is 5. The summed E-state index contributed by atoms with van der Waals surface area (Å²) in [5, 5.41) is -0.542. The Morgan fingerprint density at radius 2 is 1.57 bits per heavy atom. The van der Waals surface area contributed by atoms with Gasteiger partial charge in [0, 0.05) is 11.5 Å². The summed E-state index contributed by atoms with van der Waals surface area (Å²) < 4.78 is 43.6. The largest absolute Gasteiger partial charge is 0.277 e. The summed E-state index contributed by atoms with van der Waals surface area (Å²) in [4.78, 5) is 10.9. The molecule has 0 amide bonds. The normalized spacial score (nSPS) is 13.3. The third kappa shape index (κ3) is 4.01. The van der Waals surface area contributed by atoms with E-state index in [4.69, 9.17) is 0 Å². The van der Waals surface area contributed by atoms with Crippen LogP contribution in [0.4, 0.5) is 0 Å². The number of hydrogen-bond donors (Lipinski definition) is 0. The van der Waals surface area contributed by atoms with Gasteiger partial charge in [-0.15, -0.1) is 0 Å². The maximum Gasteiger partial charge on any atom is 0.270 e. The molecule has 14 heavy (non-hydrogen) atoms. The molecule has 0 aromatic carbocycles. The molecule has 0 rings (SSSR count). The van der Waals surface area contributed by atoms with Crippen LogP contribution in [0.2, 0.25) is 0 Å². The molecule has 82 valence electrons. The van der Waals surface area contributed by atoms with Crippen LogP contribution < -0.4 is 0 Å². The summed E-state index contributed by atoms with van der Waals surface area (Å²) in [7, 11) is -7.27. The molecule has 0 spiro atoms. The minimum absolute atomic E-state index is 0.164. The Labute approximate surface area is 83.7 Å². The molecule has 0 atom stereocenters.